The van der Waals surface area contributed by atoms with Crippen molar-refractivity contribution < 1.29 is 14.3 Å². The number of carbonyl (C=O) groups excluding carboxylic acids is 2. The summed E-state index contributed by atoms with van der Waals surface area (Å²) in [4.78, 5) is 22.3. The average molecular weight is 154 g/mol. The van der Waals surface area contributed by atoms with Crippen LogP contribution in [0.2, 0.25) is 0 Å². The van der Waals surface area contributed by atoms with Crippen LogP contribution in [-0.2, 0) is 14.3 Å². The zero-order valence-corrected chi connectivity index (χ0v) is 6.42. The second-order valence-corrected chi connectivity index (χ2v) is 3.21. The predicted molar refractivity (Wildman–Crippen MR) is 37.1 cm³/mol. The Morgan fingerprint density at radius 1 is 1.73 bits per heavy atom. The van der Waals surface area contributed by atoms with Crippen molar-refractivity contribution in [2.75, 3.05) is 0 Å². The van der Waals surface area contributed by atoms with Crippen molar-refractivity contribution >= 4 is 11.6 Å². The van der Waals surface area contributed by atoms with Gasteiger partial charge in [-0.15, -0.1) is 0 Å². The van der Waals surface area contributed by atoms with E-state index in [1.807, 2.05) is 0 Å². The lowest BCUT2D eigenvalue weighted by Crippen LogP contribution is -2.37. The van der Waals surface area contributed by atoms with E-state index in [1.54, 1.807) is 0 Å². The molecular weight excluding hydrogens is 144 g/mol. The maximum atomic E-state index is 11.3. The van der Waals surface area contributed by atoms with Crippen LogP contribution in [0, 0.1) is 0 Å². The number of fused-ring (bicyclic) bond motifs is 1. The van der Waals surface area contributed by atoms with E-state index in [4.69, 9.17) is 4.74 Å². The summed E-state index contributed by atoms with van der Waals surface area (Å²) < 4.78 is 5.14. The molecule has 3 nitrogen and oxygen atoms in total. The molecule has 1 aliphatic carbocycles. The van der Waals surface area contributed by atoms with Gasteiger partial charge in [-0.05, 0) is 19.8 Å². The molecule has 0 aromatic carbocycles. The monoisotopic (exact) mass is 154 g/mol. The summed E-state index contributed by atoms with van der Waals surface area (Å²) in [5.74, 6) is -0.131. The molecule has 0 radical (unpaired) electrons. The van der Waals surface area contributed by atoms with Gasteiger partial charge in [0.25, 0.3) is 0 Å². The summed E-state index contributed by atoms with van der Waals surface area (Å²) in [5, 5.41) is 0. The van der Waals surface area contributed by atoms with Gasteiger partial charge in [-0.1, -0.05) is 0 Å². The molecule has 2 fully saturated rings. The number of ether oxygens (including phenoxy) is 1. The van der Waals surface area contributed by atoms with Crippen molar-refractivity contribution in [3.05, 3.63) is 0 Å². The molecular formula is C8H10O3. The van der Waals surface area contributed by atoms with Gasteiger partial charge in [-0.2, -0.15) is 0 Å². The number of hydrogen-bond acceptors (Lipinski definition) is 3. The van der Waals surface area contributed by atoms with Crippen LogP contribution in [0.15, 0.2) is 0 Å². The third-order valence-electron chi connectivity index (χ3n) is 2.53. The van der Waals surface area contributed by atoms with Gasteiger partial charge in [0.1, 0.15) is 6.10 Å². The van der Waals surface area contributed by atoms with E-state index in [0.717, 1.165) is 12.8 Å². The predicted octanol–water partition coefficient (Wildman–Crippen LogP) is 0.466. The second-order valence-electron chi connectivity index (χ2n) is 3.21. The zero-order chi connectivity index (χ0) is 8.06. The largest absolute Gasteiger partial charge is 0.350 e. The molecule has 1 saturated carbocycles. The van der Waals surface area contributed by atoms with E-state index in [2.05, 4.69) is 0 Å². The topological polar surface area (TPSA) is 46.7 Å². The lowest BCUT2D eigenvalue weighted by molar-refractivity contribution is -0.133. The highest BCUT2D eigenvalue weighted by molar-refractivity contribution is 6.13. The van der Waals surface area contributed by atoms with Crippen LogP contribution in [0.25, 0.3) is 0 Å². The Balaban J connectivity index is 2.27. The number of ketones is 2. The number of hydrogen-bond donors (Lipinski definition) is 0. The Hall–Kier alpha value is -0.700. The minimum Gasteiger partial charge on any atom is -0.350 e. The van der Waals surface area contributed by atoms with E-state index in [1.165, 1.54) is 6.92 Å². The number of Topliss-reactive ketones (excluding diaryl/α,β-unsaturated/α-hetero) is 2. The van der Waals surface area contributed by atoms with Crippen LogP contribution >= 0.6 is 0 Å². The Morgan fingerprint density at radius 3 is 2.91 bits per heavy atom. The molecule has 0 bridgehead atoms. The minimum absolute atomic E-state index is 0.0127. The van der Waals surface area contributed by atoms with Gasteiger partial charge in [0.05, 0.1) is 0 Å². The fourth-order valence-corrected chi connectivity index (χ4v) is 1.84. The molecule has 60 valence electrons. The summed E-state index contributed by atoms with van der Waals surface area (Å²) in [6.07, 6.45) is 2.17. The minimum atomic E-state index is -0.974. The van der Waals surface area contributed by atoms with Crippen molar-refractivity contribution in [2.24, 2.45) is 0 Å². The van der Waals surface area contributed by atoms with Crippen LogP contribution < -0.4 is 0 Å². The molecule has 2 unspecified atom stereocenters. The van der Waals surface area contributed by atoms with E-state index in [-0.39, 0.29) is 17.7 Å². The van der Waals surface area contributed by atoms with Crippen molar-refractivity contribution in [3.8, 4) is 0 Å². The first kappa shape index (κ1) is 6.98. The molecule has 0 spiro atoms. The van der Waals surface area contributed by atoms with Crippen LogP contribution in [0.4, 0.5) is 0 Å². The summed E-state index contributed by atoms with van der Waals surface area (Å²) >= 11 is 0. The van der Waals surface area contributed by atoms with Crippen LogP contribution in [0.5, 0.6) is 0 Å². The fourth-order valence-electron chi connectivity index (χ4n) is 1.84. The van der Waals surface area contributed by atoms with Crippen LogP contribution in [0.1, 0.15) is 26.2 Å². The summed E-state index contributed by atoms with van der Waals surface area (Å²) in [6.45, 7) is 1.43. The zero-order valence-electron chi connectivity index (χ0n) is 6.42. The average Bonchev–Trinajstić information content (AvgIpc) is 2.64. The van der Waals surface area contributed by atoms with Crippen LogP contribution in [-0.4, -0.2) is 23.3 Å². The normalized spacial score (nSPS) is 41.5. The molecule has 0 N–H and O–H groups in total. The number of epoxide rings is 1. The maximum absolute atomic E-state index is 11.3. The van der Waals surface area contributed by atoms with E-state index < -0.39 is 5.60 Å². The van der Waals surface area contributed by atoms with Crippen molar-refractivity contribution in [2.45, 2.75) is 37.9 Å². The Bertz CT molecular complexity index is 233. The highest BCUT2D eigenvalue weighted by atomic mass is 16.6. The van der Waals surface area contributed by atoms with Gasteiger partial charge in [0.2, 0.25) is 5.60 Å². The molecule has 2 atom stereocenters. The molecule has 11 heavy (non-hydrogen) atoms. The highest BCUT2D eigenvalue weighted by Crippen LogP contribution is 2.45. The smallest absolute Gasteiger partial charge is 0.210 e. The second kappa shape index (κ2) is 1.91. The van der Waals surface area contributed by atoms with Gasteiger partial charge < -0.3 is 4.74 Å². The Kier molecular flexibility index (Phi) is 1.21. The molecule has 1 saturated heterocycles. The molecule has 2 aliphatic rings. The fraction of sp³-hybridized carbons (Fsp3) is 0.750. The number of carbonyl (C=O) groups is 2. The molecule has 2 rings (SSSR count). The van der Waals surface area contributed by atoms with Gasteiger partial charge in [-0.3, -0.25) is 9.59 Å². The van der Waals surface area contributed by atoms with Crippen molar-refractivity contribution in [1.29, 1.82) is 0 Å². The van der Waals surface area contributed by atoms with Crippen LogP contribution in [0.3, 0.4) is 0 Å². The molecule has 3 heteroatoms. The first-order valence-corrected chi connectivity index (χ1v) is 3.90. The van der Waals surface area contributed by atoms with Gasteiger partial charge in [0.15, 0.2) is 11.6 Å². The van der Waals surface area contributed by atoms with Crippen molar-refractivity contribution in [1.82, 2.24) is 0 Å². The summed E-state index contributed by atoms with van der Waals surface area (Å²) in [7, 11) is 0. The highest BCUT2D eigenvalue weighted by Gasteiger charge is 2.66. The lowest BCUT2D eigenvalue weighted by Gasteiger charge is -2.11. The Labute approximate surface area is 64.7 Å². The van der Waals surface area contributed by atoms with Gasteiger partial charge in [-0.25, -0.2) is 0 Å². The third-order valence-corrected chi connectivity index (χ3v) is 2.53. The van der Waals surface area contributed by atoms with E-state index in [0.29, 0.717) is 6.42 Å². The summed E-state index contributed by atoms with van der Waals surface area (Å²) in [5.41, 5.74) is -0.974. The standard InChI is InChI=1S/C8H10O3/c1-5(9)8-6(10)3-2-4-7(8)11-8/h7H,2-4H2,1H3. The molecule has 0 aromatic rings. The molecule has 1 heterocycles. The van der Waals surface area contributed by atoms with Crippen molar-refractivity contribution in [3.63, 3.8) is 0 Å². The first-order chi connectivity index (χ1) is 5.18. The SMILES string of the molecule is CC(=O)C12OC1CCCC2=O. The quantitative estimate of drug-likeness (QED) is 0.407. The molecule has 0 amide bonds. The molecule has 0 aromatic heterocycles. The number of rotatable bonds is 1. The van der Waals surface area contributed by atoms with Gasteiger partial charge in [0, 0.05) is 6.42 Å². The maximum Gasteiger partial charge on any atom is 0.210 e. The van der Waals surface area contributed by atoms with Gasteiger partial charge >= 0.3 is 0 Å². The first-order valence-electron chi connectivity index (χ1n) is 3.90. The summed E-state index contributed by atoms with van der Waals surface area (Å²) in [6, 6.07) is 0. The third kappa shape index (κ3) is 0.717. The van der Waals surface area contributed by atoms with E-state index in [9.17, 15) is 9.59 Å². The van der Waals surface area contributed by atoms with E-state index >= 15 is 0 Å². The molecule has 1 aliphatic heterocycles. The Morgan fingerprint density at radius 2 is 2.45 bits per heavy atom. The lowest BCUT2D eigenvalue weighted by atomic mass is 9.85.